The van der Waals surface area contributed by atoms with Gasteiger partial charge in [-0.15, -0.1) is 0 Å². The van der Waals surface area contributed by atoms with Gasteiger partial charge in [0, 0.05) is 25.7 Å². The number of methoxy groups -OCH3 is 1. The van der Waals surface area contributed by atoms with Gasteiger partial charge >= 0.3 is 0 Å². The molecule has 1 heterocycles. The van der Waals surface area contributed by atoms with Gasteiger partial charge in [-0.3, -0.25) is 4.90 Å². The molecule has 1 aliphatic heterocycles. The Balaban J connectivity index is 2.13. The first-order valence-corrected chi connectivity index (χ1v) is 9.25. The first-order chi connectivity index (χ1) is 12.1. The second kappa shape index (κ2) is 9.65. The lowest BCUT2D eigenvalue weighted by atomic mass is 10.0. The van der Waals surface area contributed by atoms with E-state index in [1.165, 1.54) is 6.42 Å². The monoisotopic (exact) mass is 345 g/mol. The molecule has 1 aliphatic rings. The summed E-state index contributed by atoms with van der Waals surface area (Å²) in [6, 6.07) is 8.45. The fraction of sp³-hybridized carbons (Fsp3) is 0.650. The molecule has 1 aromatic rings. The Kier molecular flexibility index (Phi) is 7.54. The molecule has 5 nitrogen and oxygen atoms in total. The normalized spacial score (nSPS) is 20.0. The fourth-order valence-corrected chi connectivity index (χ4v) is 3.39. The smallest absolute Gasteiger partial charge is 0.161 e. The van der Waals surface area contributed by atoms with Crippen molar-refractivity contribution < 1.29 is 9.47 Å². The zero-order chi connectivity index (χ0) is 18.2. The molecule has 0 spiro atoms. The molecule has 0 N–H and O–H groups in total. The molecular weight excluding hydrogens is 314 g/mol. The maximum atomic E-state index is 9.77. The second-order valence-corrected chi connectivity index (χ2v) is 6.85. The summed E-state index contributed by atoms with van der Waals surface area (Å²) in [5, 5.41) is 9.77. The summed E-state index contributed by atoms with van der Waals surface area (Å²) in [4.78, 5) is 4.58. The molecule has 0 bridgehead atoms. The zero-order valence-electron chi connectivity index (χ0n) is 16.0. The minimum Gasteiger partial charge on any atom is -0.493 e. The number of piperazine rings is 1. The molecule has 0 aromatic heterocycles. The Morgan fingerprint density at radius 1 is 1.28 bits per heavy atom. The quantitative estimate of drug-likeness (QED) is 0.675. The predicted octanol–water partition coefficient (Wildman–Crippen LogP) is 3.46. The first kappa shape index (κ1) is 19.6. The van der Waals surface area contributed by atoms with Gasteiger partial charge in [-0.25, -0.2) is 0 Å². The average Bonchev–Trinajstić information content (AvgIpc) is 2.61. The highest BCUT2D eigenvalue weighted by Gasteiger charge is 2.29. The number of hydrogen-bond donors (Lipinski definition) is 0. The minimum atomic E-state index is -0.258. The van der Waals surface area contributed by atoms with Gasteiger partial charge in [0.1, 0.15) is 6.04 Å². The molecule has 0 radical (unpaired) electrons. The van der Waals surface area contributed by atoms with Gasteiger partial charge in [-0.1, -0.05) is 25.8 Å². The van der Waals surface area contributed by atoms with Crippen molar-refractivity contribution in [2.45, 2.75) is 45.2 Å². The molecule has 1 saturated heterocycles. The zero-order valence-corrected chi connectivity index (χ0v) is 16.0. The van der Waals surface area contributed by atoms with Crippen LogP contribution >= 0.6 is 0 Å². The van der Waals surface area contributed by atoms with E-state index < -0.39 is 0 Å². The number of benzene rings is 1. The van der Waals surface area contributed by atoms with Gasteiger partial charge in [-0.2, -0.15) is 5.26 Å². The minimum absolute atomic E-state index is 0.258. The third-order valence-electron chi connectivity index (χ3n) is 4.84. The molecule has 2 rings (SSSR count). The number of rotatable bonds is 8. The highest BCUT2D eigenvalue weighted by atomic mass is 16.5. The van der Waals surface area contributed by atoms with E-state index in [9.17, 15) is 5.26 Å². The van der Waals surface area contributed by atoms with Crippen LogP contribution in [0.4, 0.5) is 0 Å². The van der Waals surface area contributed by atoms with Crippen molar-refractivity contribution in [3.05, 3.63) is 23.8 Å². The van der Waals surface area contributed by atoms with E-state index in [-0.39, 0.29) is 6.04 Å². The molecular formula is C20H31N3O2. The SMILES string of the molecule is CCCCCOc1ccc(C(C#N)N2CCN(C)CC2C)cc1OC. The van der Waals surface area contributed by atoms with E-state index in [2.05, 4.69) is 36.8 Å². The molecule has 25 heavy (non-hydrogen) atoms. The summed E-state index contributed by atoms with van der Waals surface area (Å²) >= 11 is 0. The highest BCUT2D eigenvalue weighted by Crippen LogP contribution is 2.33. The van der Waals surface area contributed by atoms with Crippen LogP contribution in [0, 0.1) is 11.3 Å². The lowest BCUT2D eigenvalue weighted by molar-refractivity contribution is 0.0796. The summed E-state index contributed by atoms with van der Waals surface area (Å²) in [6.07, 6.45) is 3.38. The Hall–Kier alpha value is -1.77. The molecule has 1 aromatic carbocycles. The van der Waals surface area contributed by atoms with Crippen molar-refractivity contribution in [3.63, 3.8) is 0 Å². The van der Waals surface area contributed by atoms with Crippen LogP contribution in [0.3, 0.4) is 0 Å². The summed E-state index contributed by atoms with van der Waals surface area (Å²) in [5.41, 5.74) is 0.969. The topological polar surface area (TPSA) is 48.7 Å². The van der Waals surface area contributed by atoms with Crippen LogP contribution in [0.1, 0.15) is 44.7 Å². The lowest BCUT2D eigenvalue weighted by Crippen LogP contribution is -2.51. The maximum Gasteiger partial charge on any atom is 0.161 e. The molecule has 1 fully saturated rings. The predicted molar refractivity (Wildman–Crippen MR) is 100 cm³/mol. The van der Waals surface area contributed by atoms with Crippen LogP contribution in [-0.4, -0.2) is 56.2 Å². The standard InChI is InChI=1S/C20H31N3O2/c1-5-6-7-12-25-19-9-8-17(13-20(19)24-4)18(14-21)23-11-10-22(3)15-16(23)2/h8-9,13,16,18H,5-7,10-12,15H2,1-4H3. The second-order valence-electron chi connectivity index (χ2n) is 6.85. The van der Waals surface area contributed by atoms with Gasteiger partial charge in [0.15, 0.2) is 11.5 Å². The van der Waals surface area contributed by atoms with Crippen molar-refractivity contribution in [1.29, 1.82) is 5.26 Å². The maximum absolute atomic E-state index is 9.77. The van der Waals surface area contributed by atoms with Crippen LogP contribution in [0.25, 0.3) is 0 Å². The largest absolute Gasteiger partial charge is 0.493 e. The van der Waals surface area contributed by atoms with Crippen LogP contribution in [-0.2, 0) is 0 Å². The summed E-state index contributed by atoms with van der Waals surface area (Å²) in [6.45, 7) is 7.92. The average molecular weight is 345 g/mol. The Morgan fingerprint density at radius 2 is 2.08 bits per heavy atom. The Labute approximate surface area is 152 Å². The molecule has 0 aliphatic carbocycles. The van der Waals surface area contributed by atoms with Crippen molar-refractivity contribution in [2.75, 3.05) is 40.4 Å². The summed E-state index contributed by atoms with van der Waals surface area (Å²) in [5.74, 6) is 1.46. The van der Waals surface area contributed by atoms with E-state index in [4.69, 9.17) is 9.47 Å². The highest BCUT2D eigenvalue weighted by molar-refractivity contribution is 5.45. The summed E-state index contributed by atoms with van der Waals surface area (Å²) in [7, 11) is 3.78. The van der Waals surface area contributed by atoms with Crippen LogP contribution < -0.4 is 9.47 Å². The van der Waals surface area contributed by atoms with E-state index >= 15 is 0 Å². The molecule has 5 heteroatoms. The fourth-order valence-electron chi connectivity index (χ4n) is 3.39. The van der Waals surface area contributed by atoms with Crippen molar-refractivity contribution in [1.82, 2.24) is 9.80 Å². The van der Waals surface area contributed by atoms with Crippen molar-refractivity contribution in [3.8, 4) is 17.6 Å². The van der Waals surface area contributed by atoms with Crippen LogP contribution in [0.5, 0.6) is 11.5 Å². The third-order valence-corrected chi connectivity index (χ3v) is 4.84. The third kappa shape index (κ3) is 5.10. The number of ether oxygens (including phenoxy) is 2. The van der Waals surface area contributed by atoms with Gasteiger partial charge in [0.2, 0.25) is 0 Å². The van der Waals surface area contributed by atoms with Crippen LogP contribution in [0.15, 0.2) is 18.2 Å². The number of nitrogens with zero attached hydrogens (tertiary/aromatic N) is 3. The van der Waals surface area contributed by atoms with Crippen molar-refractivity contribution >= 4 is 0 Å². The number of hydrogen-bond acceptors (Lipinski definition) is 5. The van der Waals surface area contributed by atoms with Gasteiger partial charge in [0.25, 0.3) is 0 Å². The molecule has 0 amide bonds. The van der Waals surface area contributed by atoms with E-state index in [0.29, 0.717) is 18.4 Å². The Bertz CT molecular complexity index is 585. The van der Waals surface area contributed by atoms with E-state index in [0.717, 1.165) is 43.8 Å². The number of nitriles is 1. The van der Waals surface area contributed by atoms with E-state index in [1.54, 1.807) is 7.11 Å². The van der Waals surface area contributed by atoms with E-state index in [1.807, 2.05) is 18.2 Å². The lowest BCUT2D eigenvalue weighted by Gasteiger charge is -2.40. The number of likely N-dealkylation sites (N-methyl/N-ethyl adjacent to an activating group) is 1. The van der Waals surface area contributed by atoms with Crippen LogP contribution in [0.2, 0.25) is 0 Å². The Morgan fingerprint density at radius 3 is 2.72 bits per heavy atom. The van der Waals surface area contributed by atoms with Gasteiger partial charge in [-0.05, 0) is 38.1 Å². The summed E-state index contributed by atoms with van der Waals surface area (Å²) < 4.78 is 11.4. The molecule has 2 unspecified atom stereocenters. The number of unbranched alkanes of at least 4 members (excludes halogenated alkanes) is 2. The van der Waals surface area contributed by atoms with Gasteiger partial charge in [0.05, 0.1) is 19.8 Å². The van der Waals surface area contributed by atoms with Gasteiger partial charge < -0.3 is 14.4 Å². The first-order valence-electron chi connectivity index (χ1n) is 9.25. The molecule has 0 saturated carbocycles. The van der Waals surface area contributed by atoms with Crippen molar-refractivity contribution in [2.24, 2.45) is 0 Å². The molecule has 2 atom stereocenters. The molecule has 138 valence electrons.